The van der Waals surface area contributed by atoms with Gasteiger partial charge in [-0.05, 0) is 176 Å². The summed E-state index contributed by atoms with van der Waals surface area (Å²) in [6.07, 6.45) is 30.1. The van der Waals surface area contributed by atoms with Gasteiger partial charge in [-0.3, -0.25) is 56.1 Å². The summed E-state index contributed by atoms with van der Waals surface area (Å²) in [7, 11) is 0. The number of hydrogen-bond acceptors (Lipinski definition) is 22. The number of aryl methyl sites for hydroxylation is 3. The number of imidazole rings is 5. The van der Waals surface area contributed by atoms with E-state index in [0.717, 1.165) is 124 Å². The Balaban J connectivity index is 0.000000113. The van der Waals surface area contributed by atoms with Crippen molar-refractivity contribution in [3.8, 4) is 45.0 Å². The van der Waals surface area contributed by atoms with E-state index in [1.165, 1.54) is 80.6 Å². The van der Waals surface area contributed by atoms with E-state index in [2.05, 4.69) is 33.1 Å². The number of thiophene rings is 3. The number of ketones is 5. The molecule has 0 spiro atoms. The summed E-state index contributed by atoms with van der Waals surface area (Å²) >= 11 is 18.0. The number of hydrogen-bond donors (Lipinski definition) is 4. The first-order valence-electron chi connectivity index (χ1n) is 39.6. The van der Waals surface area contributed by atoms with Gasteiger partial charge < -0.3 is 20.2 Å². The topological polar surface area (TPSA) is 287 Å². The number of halogens is 2. The minimum atomic E-state index is -0.524. The number of nitrogens with one attached hydrogen (secondary N) is 2. The first-order chi connectivity index (χ1) is 62.8. The zero-order valence-electron chi connectivity index (χ0n) is 68.1. The quantitative estimate of drug-likeness (QED) is 0.0212. The lowest BCUT2D eigenvalue weighted by Crippen LogP contribution is -1.96. The normalized spacial score (nSPS) is 11.7. The predicted octanol–water partition coefficient (Wildman–Crippen LogP) is 24.9. The highest BCUT2D eigenvalue weighted by Crippen LogP contribution is 2.37. The summed E-state index contributed by atoms with van der Waals surface area (Å²) in [5.74, 6) is -0.526. The van der Waals surface area contributed by atoms with E-state index in [1.54, 1.807) is 118 Å². The highest BCUT2D eigenvalue weighted by molar-refractivity contribution is 7.17. The summed E-state index contributed by atoms with van der Waals surface area (Å²) in [5, 5.41) is 43.9. The second-order valence-corrected chi connectivity index (χ2v) is 37.0. The molecule has 0 amide bonds. The van der Waals surface area contributed by atoms with Crippen LogP contribution in [-0.4, -0.2) is 101 Å². The molecule has 21 rings (SSSR count). The van der Waals surface area contributed by atoms with Crippen molar-refractivity contribution in [2.24, 2.45) is 0 Å². The average molecular weight is 1870 g/mol. The number of thiazole rings is 5. The summed E-state index contributed by atoms with van der Waals surface area (Å²) < 4.78 is 23.2. The smallest absolute Gasteiger partial charge is 0.275 e. The number of aliphatic hydroxyl groups is 2. The third kappa shape index (κ3) is 19.2. The van der Waals surface area contributed by atoms with Crippen LogP contribution in [0.3, 0.4) is 0 Å². The van der Waals surface area contributed by atoms with Gasteiger partial charge >= 0.3 is 0 Å². The Bertz CT molecular complexity index is 7870. The molecule has 21 aromatic rings. The fraction of sp³-hybridized carbons (Fsp3) is 0.0515. The Morgan fingerprint density at radius 1 is 0.426 bits per heavy atom. The lowest BCUT2D eigenvalue weighted by molar-refractivity contribution is -0.385. The molecule has 0 unspecified atom stereocenters. The number of nitro groups is 1. The minimum Gasteiger partial charge on any atom is -0.392 e. The molecule has 0 saturated carbocycles. The molecule has 22 nitrogen and oxygen atoms in total. The van der Waals surface area contributed by atoms with Gasteiger partial charge in [-0.1, -0.05) is 109 Å². The van der Waals surface area contributed by atoms with Crippen molar-refractivity contribution >= 4 is 214 Å². The Kier molecular flexibility index (Phi) is 26.3. The SMILES string of the molecule is Cc1cn2c(/C=C/C(=O)c3c[nH]c4ccccc34)c(-c3ccc(F)cc3)nc2s1.Cc1cn2c(/C=C/C(=O)c3c[nH]c4ccccc34)c(C)nc2s1.O=C(/C=C/c1c(-c2ccc(CO)c([N+](=O)[O-])c2)nc2sccn12)c1cccs1.O=C(/C=C/c1c(-c2ccc(CO)cc2)nc2sccn12)c1cccs1.O=C(/C=C/c1c(-c2ccc(Cl)cc2)nc2sccn12)c1cccs1. The van der Waals surface area contributed by atoms with Gasteiger partial charge in [0.25, 0.3) is 5.69 Å². The molecule has 15 heterocycles. The predicted molar refractivity (Wildman–Crippen MR) is 521 cm³/mol. The van der Waals surface area contributed by atoms with Crippen molar-refractivity contribution in [3.05, 3.63) is 384 Å². The molecule has 15 aromatic heterocycles. The Labute approximate surface area is 770 Å². The van der Waals surface area contributed by atoms with Crippen molar-refractivity contribution in [1.82, 2.24) is 56.9 Å². The third-order valence-electron chi connectivity index (χ3n) is 20.4. The molecule has 0 bridgehead atoms. The second kappa shape index (κ2) is 39.0. The van der Waals surface area contributed by atoms with Crippen LogP contribution in [0.25, 0.3) is 122 Å². The number of para-hydroxylation sites is 2. The van der Waals surface area contributed by atoms with E-state index in [0.29, 0.717) is 42.9 Å². The molecule has 0 fully saturated rings. The molecule has 0 aliphatic carbocycles. The van der Waals surface area contributed by atoms with Crippen molar-refractivity contribution in [2.45, 2.75) is 34.0 Å². The zero-order valence-corrected chi connectivity index (χ0v) is 75.4. The number of carbonyl (C=O) groups is 5. The molecule has 129 heavy (non-hydrogen) atoms. The number of rotatable bonds is 22. The third-order valence-corrected chi connectivity index (χ3v) is 27.3. The number of fused-ring (bicyclic) bond motifs is 7. The van der Waals surface area contributed by atoms with Crippen LogP contribution in [0.5, 0.6) is 0 Å². The number of benzene rings is 6. The largest absolute Gasteiger partial charge is 0.392 e. The van der Waals surface area contributed by atoms with Crippen LogP contribution in [0.4, 0.5) is 10.1 Å². The fourth-order valence-corrected chi connectivity index (χ4v) is 20.1. The molecular weight excluding hydrogens is 1800 g/mol. The number of nitro benzene ring substituents is 1. The molecule has 0 saturated heterocycles. The van der Waals surface area contributed by atoms with Crippen LogP contribution < -0.4 is 0 Å². The fourth-order valence-electron chi connectivity index (χ4n) is 14.2. The molecule has 4 N–H and O–H groups in total. The van der Waals surface area contributed by atoms with E-state index in [1.807, 2.05) is 239 Å². The van der Waals surface area contributed by atoms with Gasteiger partial charge in [0.2, 0.25) is 0 Å². The molecule has 0 aliphatic heterocycles. The average Bonchev–Trinajstić information content (AvgIpc) is 1.68. The second-order valence-electron chi connectivity index (χ2n) is 28.7. The standard InChI is InChI=1S/C23H16FN3OS.C19H13N3O4S2.C19H14N2O2S2.C18H11ClN2OS2.C18H15N3OS/c1-14-13-27-20(22(26-23(27)29-14)15-6-8-16(24)9-7-15)10-11-21(28)18-12-25-19-5-3-2-4-17(18)19;23-11-13-4-3-12(10-15(13)22(25)26)18-14(21-7-9-28-19(21)20-18)5-6-16(24)17-2-1-8-27-17;22-12-13-3-5-14(6-4-13)18-15(21-9-11-25-19(21)20-18)7-8-16(23)17-2-1-10-24-17;19-13-5-3-12(4-6-13)17-14(21-9-11-24-18(21)20-17)7-8-15(22)16-2-1-10-23-16;1-11-10-21-16(12(2)20-18(21)23-11)7-8-17(22)14-9-19-15-6-4-3-5-13(14)15/h2-13,25H,1H3;1-10,23H,11H2;1-11,22H,12H2;1-11H;3-10,19H,1-2H3/b11-10+;6-5+;3*8-7+. The summed E-state index contributed by atoms with van der Waals surface area (Å²) in [6, 6.07) is 52.5. The summed E-state index contributed by atoms with van der Waals surface area (Å²) in [5.41, 5.74) is 15.4. The van der Waals surface area contributed by atoms with Crippen LogP contribution in [0.15, 0.2) is 282 Å². The van der Waals surface area contributed by atoms with Gasteiger partial charge in [0.15, 0.2) is 53.7 Å². The first kappa shape index (κ1) is 87.0. The maximum absolute atomic E-state index is 13.4. The van der Waals surface area contributed by atoms with Crippen LogP contribution in [0.1, 0.15) is 105 Å². The van der Waals surface area contributed by atoms with Crippen LogP contribution >= 0.6 is 102 Å². The number of carbonyl (C=O) groups excluding carboxylic acids is 5. The first-order valence-corrected chi connectivity index (χ1v) is 46.8. The van der Waals surface area contributed by atoms with Gasteiger partial charge in [0.05, 0.1) is 95.3 Å². The summed E-state index contributed by atoms with van der Waals surface area (Å²) in [6.45, 7) is 5.63. The number of H-pyrrole nitrogens is 2. The number of nitrogens with zero attached hydrogens (tertiary/aromatic N) is 11. The molecule has 6 aromatic carbocycles. The Morgan fingerprint density at radius 3 is 1.23 bits per heavy atom. The van der Waals surface area contributed by atoms with Gasteiger partial charge in [-0.25, -0.2) is 29.3 Å². The molecule has 0 atom stereocenters. The van der Waals surface area contributed by atoms with Crippen LogP contribution in [0, 0.1) is 36.7 Å². The minimum absolute atomic E-state index is 0.00256. The van der Waals surface area contributed by atoms with Gasteiger partial charge in [0.1, 0.15) is 5.82 Å². The molecule has 0 aliphatic rings. The van der Waals surface area contributed by atoms with Gasteiger partial charge in [-0.15, -0.1) is 90.7 Å². The van der Waals surface area contributed by atoms with Crippen molar-refractivity contribution in [2.75, 3.05) is 0 Å². The number of aliphatic hydroxyl groups excluding tert-OH is 2. The van der Waals surface area contributed by atoms with Crippen LogP contribution in [0.2, 0.25) is 5.02 Å². The van der Waals surface area contributed by atoms with Gasteiger partial charge in [0, 0.05) is 136 Å². The van der Waals surface area contributed by atoms with Crippen molar-refractivity contribution < 1.29 is 43.5 Å². The van der Waals surface area contributed by atoms with Crippen molar-refractivity contribution in [3.63, 3.8) is 0 Å². The summed E-state index contributed by atoms with van der Waals surface area (Å²) in [4.78, 5) is 111. The number of aromatic nitrogens is 12. The maximum Gasteiger partial charge on any atom is 0.275 e. The lowest BCUT2D eigenvalue weighted by Gasteiger charge is -2.04. The van der Waals surface area contributed by atoms with E-state index in [9.17, 15) is 48.7 Å². The molecule has 32 heteroatoms. The molecular formula is C97H69ClFN13O9S8. The molecule has 638 valence electrons. The highest BCUT2D eigenvalue weighted by atomic mass is 35.5. The van der Waals surface area contributed by atoms with Crippen LogP contribution in [-0.2, 0) is 13.2 Å². The van der Waals surface area contributed by atoms with E-state index in [4.69, 9.17) is 26.6 Å². The van der Waals surface area contributed by atoms with E-state index >= 15 is 0 Å². The Morgan fingerprint density at radius 2 is 0.806 bits per heavy atom. The number of allylic oxidation sites excluding steroid dienone is 5. The number of aromatic amines is 2. The van der Waals surface area contributed by atoms with E-state index < -0.39 is 11.5 Å². The van der Waals surface area contributed by atoms with E-state index in [-0.39, 0.29) is 52.6 Å². The lowest BCUT2D eigenvalue weighted by atomic mass is 10.1. The van der Waals surface area contributed by atoms with Gasteiger partial charge in [-0.2, -0.15) is 0 Å². The molecule has 0 radical (unpaired) electrons. The highest BCUT2D eigenvalue weighted by Gasteiger charge is 2.23. The monoisotopic (exact) mass is 1870 g/mol. The Hall–Kier alpha value is -14.1. The maximum atomic E-state index is 13.4. The van der Waals surface area contributed by atoms with Crippen molar-refractivity contribution in [1.29, 1.82) is 0 Å². The zero-order chi connectivity index (χ0) is 89.3.